The Balaban J connectivity index is 2.33. The van der Waals surface area contributed by atoms with E-state index < -0.39 is 11.7 Å². The van der Waals surface area contributed by atoms with E-state index in [2.05, 4.69) is 11.8 Å². The average molecular weight is 187 g/mol. The molecule has 0 aromatic rings. The van der Waals surface area contributed by atoms with Crippen molar-refractivity contribution < 1.29 is 10.2 Å². The minimum Gasteiger partial charge on any atom is -0.389 e. The molecular formula is C10H21NO2. The largest absolute Gasteiger partial charge is 0.389 e. The molecule has 0 radical (unpaired) electrons. The molecule has 78 valence electrons. The van der Waals surface area contributed by atoms with E-state index in [4.69, 9.17) is 0 Å². The summed E-state index contributed by atoms with van der Waals surface area (Å²) in [6.07, 6.45) is 2.45. The average Bonchev–Trinajstić information content (AvgIpc) is 2.07. The third kappa shape index (κ3) is 2.93. The van der Waals surface area contributed by atoms with Crippen LogP contribution in [0.2, 0.25) is 0 Å². The smallest absolute Gasteiger partial charge is 0.0951 e. The zero-order valence-corrected chi connectivity index (χ0v) is 8.66. The predicted octanol–water partition coefficient (Wildman–Crippen LogP) is 0.604. The number of likely N-dealkylation sites (tertiary alicyclic amines) is 1. The van der Waals surface area contributed by atoms with Crippen LogP contribution < -0.4 is 0 Å². The lowest BCUT2D eigenvalue weighted by Crippen LogP contribution is -2.53. The maximum Gasteiger partial charge on any atom is 0.0951 e. The molecule has 13 heavy (non-hydrogen) atoms. The number of aliphatic hydroxyl groups is 2. The maximum atomic E-state index is 9.71. The summed E-state index contributed by atoms with van der Waals surface area (Å²) in [5, 5.41) is 19.3. The first-order valence-corrected chi connectivity index (χ1v) is 5.19. The van der Waals surface area contributed by atoms with E-state index in [-0.39, 0.29) is 0 Å². The molecule has 0 bridgehead atoms. The predicted molar refractivity (Wildman–Crippen MR) is 52.6 cm³/mol. The SMILES string of the molecule is CCCCN1CC[C@@](C)(O)[C@@H](O)C1. The normalized spacial score (nSPS) is 36.5. The van der Waals surface area contributed by atoms with Gasteiger partial charge in [-0.3, -0.25) is 0 Å². The third-order valence-electron chi connectivity index (χ3n) is 2.91. The van der Waals surface area contributed by atoms with Crippen molar-refractivity contribution in [3.8, 4) is 0 Å². The molecule has 0 aromatic heterocycles. The number of nitrogens with zero attached hydrogens (tertiary/aromatic N) is 1. The zero-order valence-electron chi connectivity index (χ0n) is 8.66. The van der Waals surface area contributed by atoms with Crippen LogP contribution in [-0.2, 0) is 0 Å². The van der Waals surface area contributed by atoms with Crippen molar-refractivity contribution >= 4 is 0 Å². The fraction of sp³-hybridized carbons (Fsp3) is 1.00. The van der Waals surface area contributed by atoms with Crippen LogP contribution in [-0.4, -0.2) is 46.5 Å². The van der Waals surface area contributed by atoms with Crippen molar-refractivity contribution in [1.29, 1.82) is 0 Å². The van der Waals surface area contributed by atoms with Gasteiger partial charge in [-0.1, -0.05) is 13.3 Å². The number of aliphatic hydroxyl groups excluding tert-OH is 1. The molecule has 0 aromatic carbocycles. The highest BCUT2D eigenvalue weighted by molar-refractivity contribution is 4.89. The van der Waals surface area contributed by atoms with Crippen LogP contribution in [0.4, 0.5) is 0 Å². The Morgan fingerprint density at radius 2 is 2.23 bits per heavy atom. The topological polar surface area (TPSA) is 43.7 Å². The molecule has 3 heteroatoms. The lowest BCUT2D eigenvalue weighted by Gasteiger charge is -2.39. The summed E-state index contributed by atoms with van der Waals surface area (Å²) in [7, 11) is 0. The molecule has 3 nitrogen and oxygen atoms in total. The summed E-state index contributed by atoms with van der Waals surface area (Å²) < 4.78 is 0. The van der Waals surface area contributed by atoms with Gasteiger partial charge in [0.05, 0.1) is 11.7 Å². The highest BCUT2D eigenvalue weighted by atomic mass is 16.3. The van der Waals surface area contributed by atoms with Crippen LogP contribution >= 0.6 is 0 Å². The standard InChI is InChI=1S/C10H21NO2/c1-3-4-6-11-7-5-10(2,13)9(12)8-11/h9,12-13H,3-8H2,1-2H3/t9-,10+/m0/s1. The molecule has 2 atom stereocenters. The molecule has 1 heterocycles. The van der Waals surface area contributed by atoms with E-state index in [1.54, 1.807) is 6.92 Å². The molecule has 1 aliphatic heterocycles. The molecule has 0 spiro atoms. The van der Waals surface area contributed by atoms with Gasteiger partial charge in [0.25, 0.3) is 0 Å². The first-order valence-electron chi connectivity index (χ1n) is 5.19. The molecule has 1 rings (SSSR count). The number of rotatable bonds is 3. The minimum absolute atomic E-state index is 0.585. The highest BCUT2D eigenvalue weighted by Crippen LogP contribution is 2.21. The van der Waals surface area contributed by atoms with Crippen LogP contribution in [0.5, 0.6) is 0 Å². The van der Waals surface area contributed by atoms with Crippen molar-refractivity contribution in [2.75, 3.05) is 19.6 Å². The molecule has 2 N–H and O–H groups in total. The van der Waals surface area contributed by atoms with Gasteiger partial charge in [0.1, 0.15) is 0 Å². The van der Waals surface area contributed by atoms with E-state index in [1.165, 1.54) is 12.8 Å². The number of unbranched alkanes of at least 4 members (excludes halogenated alkanes) is 1. The van der Waals surface area contributed by atoms with Gasteiger partial charge >= 0.3 is 0 Å². The number of hydrogen-bond acceptors (Lipinski definition) is 3. The number of piperidine rings is 1. The number of hydrogen-bond donors (Lipinski definition) is 2. The summed E-state index contributed by atoms with van der Waals surface area (Å²) in [6.45, 7) is 6.45. The zero-order chi connectivity index (χ0) is 9.90. The van der Waals surface area contributed by atoms with Gasteiger partial charge in [0, 0.05) is 13.1 Å². The molecule has 1 aliphatic rings. The fourth-order valence-electron chi connectivity index (χ4n) is 1.67. The summed E-state index contributed by atoms with van der Waals surface area (Å²) in [5.74, 6) is 0. The van der Waals surface area contributed by atoms with Crippen LogP contribution in [0.15, 0.2) is 0 Å². The Morgan fingerprint density at radius 1 is 1.54 bits per heavy atom. The molecule has 0 aliphatic carbocycles. The van der Waals surface area contributed by atoms with E-state index in [0.717, 1.165) is 13.1 Å². The van der Waals surface area contributed by atoms with Gasteiger partial charge in [-0.25, -0.2) is 0 Å². The van der Waals surface area contributed by atoms with Gasteiger partial charge < -0.3 is 15.1 Å². The Bertz CT molecular complexity index is 159. The van der Waals surface area contributed by atoms with Gasteiger partial charge in [-0.15, -0.1) is 0 Å². The summed E-state index contributed by atoms with van der Waals surface area (Å²) in [5.41, 5.74) is -0.872. The minimum atomic E-state index is -0.872. The monoisotopic (exact) mass is 187 g/mol. The van der Waals surface area contributed by atoms with Gasteiger partial charge in [-0.2, -0.15) is 0 Å². The maximum absolute atomic E-state index is 9.71. The van der Waals surface area contributed by atoms with Crippen molar-refractivity contribution in [2.45, 2.75) is 44.8 Å². The highest BCUT2D eigenvalue weighted by Gasteiger charge is 2.35. The molecular weight excluding hydrogens is 166 g/mol. The lowest BCUT2D eigenvalue weighted by atomic mass is 9.91. The molecule has 1 fully saturated rings. The van der Waals surface area contributed by atoms with Gasteiger partial charge in [0.2, 0.25) is 0 Å². The molecule has 0 unspecified atom stereocenters. The summed E-state index contributed by atoms with van der Waals surface area (Å²) in [6, 6.07) is 0. The molecule has 0 amide bonds. The second-order valence-electron chi connectivity index (χ2n) is 4.28. The summed E-state index contributed by atoms with van der Waals surface area (Å²) >= 11 is 0. The first-order chi connectivity index (χ1) is 6.06. The van der Waals surface area contributed by atoms with Gasteiger partial charge in [0.15, 0.2) is 0 Å². The van der Waals surface area contributed by atoms with Crippen molar-refractivity contribution in [2.24, 2.45) is 0 Å². The van der Waals surface area contributed by atoms with Crippen LogP contribution in [0.3, 0.4) is 0 Å². The second-order valence-corrected chi connectivity index (χ2v) is 4.28. The first kappa shape index (κ1) is 11.0. The Labute approximate surface area is 80.4 Å². The second kappa shape index (κ2) is 4.40. The van der Waals surface area contributed by atoms with Crippen LogP contribution in [0, 0.1) is 0 Å². The van der Waals surface area contributed by atoms with E-state index >= 15 is 0 Å². The fourth-order valence-corrected chi connectivity index (χ4v) is 1.67. The summed E-state index contributed by atoms with van der Waals surface area (Å²) in [4.78, 5) is 2.23. The van der Waals surface area contributed by atoms with Crippen LogP contribution in [0.1, 0.15) is 33.1 Å². The van der Waals surface area contributed by atoms with E-state index in [9.17, 15) is 10.2 Å². The Morgan fingerprint density at radius 3 is 2.77 bits per heavy atom. The Hall–Kier alpha value is -0.120. The van der Waals surface area contributed by atoms with E-state index in [0.29, 0.717) is 13.0 Å². The third-order valence-corrected chi connectivity index (χ3v) is 2.91. The van der Waals surface area contributed by atoms with Crippen molar-refractivity contribution in [3.63, 3.8) is 0 Å². The van der Waals surface area contributed by atoms with Crippen molar-refractivity contribution in [3.05, 3.63) is 0 Å². The number of β-amino-alcohol motifs (C(OH)–C–C–N with tert-alkyl or cyclic N) is 1. The van der Waals surface area contributed by atoms with Gasteiger partial charge in [-0.05, 0) is 26.3 Å². The molecule has 1 saturated heterocycles. The quantitative estimate of drug-likeness (QED) is 0.680. The van der Waals surface area contributed by atoms with Crippen molar-refractivity contribution in [1.82, 2.24) is 4.90 Å². The van der Waals surface area contributed by atoms with E-state index in [1.807, 2.05) is 0 Å². The molecule has 0 saturated carbocycles. The lowest BCUT2D eigenvalue weighted by molar-refractivity contribution is -0.107. The van der Waals surface area contributed by atoms with Crippen LogP contribution in [0.25, 0.3) is 0 Å². The Kier molecular flexibility index (Phi) is 3.71.